The van der Waals surface area contributed by atoms with Crippen molar-refractivity contribution in [1.29, 1.82) is 5.26 Å². The maximum Gasteiger partial charge on any atom is 0.263 e. The van der Waals surface area contributed by atoms with E-state index >= 15 is 0 Å². The molecule has 0 saturated heterocycles. The minimum absolute atomic E-state index is 0.0270. The van der Waals surface area contributed by atoms with E-state index in [1.54, 1.807) is 23.7 Å². The first-order valence-electron chi connectivity index (χ1n) is 11.2. The minimum Gasteiger partial charge on any atom is -0.339 e. The average molecular weight is 481 g/mol. The highest BCUT2D eigenvalue weighted by molar-refractivity contribution is 7.89. The summed E-state index contributed by atoms with van der Waals surface area (Å²) in [5, 5.41) is 13.9. The summed E-state index contributed by atoms with van der Waals surface area (Å²) in [5.74, 6) is -0.176. The van der Waals surface area contributed by atoms with E-state index in [9.17, 15) is 18.1 Å². The van der Waals surface area contributed by atoms with Gasteiger partial charge in [0.05, 0.1) is 30.0 Å². The molecule has 34 heavy (non-hydrogen) atoms. The number of hydrogen-bond donors (Lipinski definition) is 0. The Morgan fingerprint density at radius 3 is 2.74 bits per heavy atom. The standard InChI is InChI=1S/C24H25FN6O2S/c1-16-21-12-28-31(20-7-5-19(25)6-8-20)22(21)11-17-3-4-18(24(16)17)13-30(10-9-26)34(32,33)23-14-29(2)15-27-23/h5-8,12,14-16,18H,3-4,10-11,13H2,1-2H3/t16-,18+/m0/s1. The molecule has 8 nitrogen and oxygen atoms in total. The van der Waals surface area contributed by atoms with E-state index in [0.29, 0.717) is 0 Å². The SMILES string of the molecule is C[C@@H]1C2=C(CC[C@@H]2CN(CC#N)S(=O)(=O)c2cn(C)cn2)Cc2c1cnn2-c1ccc(F)cc1. The van der Waals surface area contributed by atoms with Crippen LogP contribution in [0.25, 0.3) is 5.69 Å². The van der Waals surface area contributed by atoms with Crippen LogP contribution in [0.15, 0.2) is 59.2 Å². The number of benzene rings is 1. The van der Waals surface area contributed by atoms with Gasteiger partial charge in [-0.05, 0) is 43.0 Å². The number of aryl methyl sites for hydroxylation is 1. The Labute approximate surface area is 198 Å². The topological polar surface area (TPSA) is 96.8 Å². The zero-order valence-electron chi connectivity index (χ0n) is 19.0. The first-order chi connectivity index (χ1) is 16.3. The van der Waals surface area contributed by atoms with E-state index in [2.05, 4.69) is 17.0 Å². The average Bonchev–Trinajstić information content (AvgIpc) is 3.53. The summed E-state index contributed by atoms with van der Waals surface area (Å²) in [6.07, 6.45) is 7.20. The van der Waals surface area contributed by atoms with Gasteiger partial charge in [0.1, 0.15) is 12.4 Å². The van der Waals surface area contributed by atoms with Crippen LogP contribution < -0.4 is 0 Å². The van der Waals surface area contributed by atoms with Crippen molar-refractivity contribution in [3.8, 4) is 11.8 Å². The van der Waals surface area contributed by atoms with Crippen LogP contribution in [-0.4, -0.2) is 45.1 Å². The fourth-order valence-corrected chi connectivity index (χ4v) is 6.65. The predicted octanol–water partition coefficient (Wildman–Crippen LogP) is 3.33. The van der Waals surface area contributed by atoms with Crippen LogP contribution in [0.4, 0.5) is 4.39 Å². The smallest absolute Gasteiger partial charge is 0.263 e. The number of fused-ring (bicyclic) bond motifs is 1. The van der Waals surface area contributed by atoms with Crippen LogP contribution in [-0.2, 0) is 23.5 Å². The lowest BCUT2D eigenvalue weighted by Gasteiger charge is -2.29. The van der Waals surface area contributed by atoms with Crippen LogP contribution in [0.1, 0.15) is 36.9 Å². The van der Waals surface area contributed by atoms with Crippen molar-refractivity contribution < 1.29 is 12.8 Å². The van der Waals surface area contributed by atoms with Crippen molar-refractivity contribution in [3.05, 3.63) is 71.2 Å². The Bertz CT molecular complexity index is 1410. The van der Waals surface area contributed by atoms with Gasteiger partial charge in [-0.15, -0.1) is 0 Å². The molecule has 5 rings (SSSR count). The number of nitrogens with zero attached hydrogens (tertiary/aromatic N) is 6. The number of allylic oxidation sites excluding steroid dienone is 1. The number of hydrogen-bond acceptors (Lipinski definition) is 5. The van der Waals surface area contributed by atoms with E-state index in [-0.39, 0.29) is 35.8 Å². The molecule has 2 atom stereocenters. The summed E-state index contributed by atoms with van der Waals surface area (Å²) in [6.45, 7) is 2.15. The lowest BCUT2D eigenvalue weighted by Crippen LogP contribution is -2.36. The summed E-state index contributed by atoms with van der Waals surface area (Å²) in [5.41, 5.74) is 5.57. The lowest BCUT2D eigenvalue weighted by atomic mass is 9.80. The molecule has 0 spiro atoms. The molecule has 2 heterocycles. The summed E-state index contributed by atoms with van der Waals surface area (Å²) in [4.78, 5) is 4.01. The Hall–Kier alpha value is -3.29. The van der Waals surface area contributed by atoms with Gasteiger partial charge >= 0.3 is 0 Å². The highest BCUT2D eigenvalue weighted by atomic mass is 32.2. The first-order valence-corrected chi connectivity index (χ1v) is 12.6. The molecule has 10 heteroatoms. The number of aromatic nitrogens is 4. The first kappa shape index (κ1) is 22.5. The third-order valence-electron chi connectivity index (χ3n) is 6.89. The van der Waals surface area contributed by atoms with Crippen LogP contribution in [0.3, 0.4) is 0 Å². The van der Waals surface area contributed by atoms with Crippen molar-refractivity contribution in [2.45, 2.75) is 37.1 Å². The number of rotatable bonds is 6. The van der Waals surface area contributed by atoms with Crippen molar-refractivity contribution in [2.75, 3.05) is 13.1 Å². The van der Waals surface area contributed by atoms with Gasteiger partial charge in [0.2, 0.25) is 0 Å². The maximum atomic E-state index is 13.4. The van der Waals surface area contributed by atoms with E-state index in [1.165, 1.54) is 40.1 Å². The third kappa shape index (κ3) is 3.75. The van der Waals surface area contributed by atoms with Crippen LogP contribution in [0.2, 0.25) is 0 Å². The normalized spacial score (nSPS) is 19.9. The van der Waals surface area contributed by atoms with E-state index in [0.717, 1.165) is 36.2 Å². The molecule has 0 N–H and O–H groups in total. The molecule has 2 aliphatic carbocycles. The molecule has 0 bridgehead atoms. The van der Waals surface area contributed by atoms with Crippen LogP contribution >= 0.6 is 0 Å². The summed E-state index contributed by atoms with van der Waals surface area (Å²) < 4.78 is 44.5. The Morgan fingerprint density at radius 1 is 1.29 bits per heavy atom. The fourth-order valence-electron chi connectivity index (χ4n) is 5.30. The highest BCUT2D eigenvalue weighted by Gasteiger charge is 2.39. The molecule has 0 unspecified atom stereocenters. The Balaban J connectivity index is 1.43. The molecule has 3 aromatic rings. The largest absolute Gasteiger partial charge is 0.339 e. The minimum atomic E-state index is -3.87. The number of nitriles is 1. The molecule has 2 aromatic heterocycles. The predicted molar refractivity (Wildman–Crippen MR) is 123 cm³/mol. The summed E-state index contributed by atoms with van der Waals surface area (Å²) >= 11 is 0. The van der Waals surface area contributed by atoms with E-state index in [1.807, 2.05) is 16.9 Å². The van der Waals surface area contributed by atoms with E-state index in [4.69, 9.17) is 0 Å². The molecule has 176 valence electrons. The van der Waals surface area contributed by atoms with Gasteiger partial charge in [0, 0.05) is 37.7 Å². The zero-order chi connectivity index (χ0) is 24.0. The molecule has 0 radical (unpaired) electrons. The van der Waals surface area contributed by atoms with Gasteiger partial charge in [-0.1, -0.05) is 18.1 Å². The zero-order valence-corrected chi connectivity index (χ0v) is 19.8. The maximum absolute atomic E-state index is 13.4. The summed E-state index contributed by atoms with van der Waals surface area (Å²) in [7, 11) is -2.16. The van der Waals surface area contributed by atoms with Crippen molar-refractivity contribution in [2.24, 2.45) is 13.0 Å². The molecule has 0 fully saturated rings. The van der Waals surface area contributed by atoms with Gasteiger partial charge < -0.3 is 4.57 Å². The monoisotopic (exact) mass is 480 g/mol. The molecule has 1 aromatic carbocycles. The number of imidazole rings is 1. The third-order valence-corrected chi connectivity index (χ3v) is 8.58. The van der Waals surface area contributed by atoms with Gasteiger partial charge in [0.15, 0.2) is 5.03 Å². The molecule has 0 saturated carbocycles. The summed E-state index contributed by atoms with van der Waals surface area (Å²) in [6, 6.07) is 8.30. The fraction of sp³-hybridized carbons (Fsp3) is 0.375. The lowest BCUT2D eigenvalue weighted by molar-refractivity contribution is 0.382. The second-order valence-corrected chi connectivity index (χ2v) is 10.8. The van der Waals surface area contributed by atoms with Crippen molar-refractivity contribution in [3.63, 3.8) is 0 Å². The van der Waals surface area contributed by atoms with Crippen LogP contribution in [0.5, 0.6) is 0 Å². The van der Waals surface area contributed by atoms with Crippen molar-refractivity contribution >= 4 is 10.0 Å². The molecular weight excluding hydrogens is 455 g/mol. The Morgan fingerprint density at radius 2 is 2.06 bits per heavy atom. The molecule has 2 aliphatic rings. The van der Waals surface area contributed by atoms with E-state index < -0.39 is 10.0 Å². The quantitative estimate of drug-likeness (QED) is 0.398. The number of halogens is 1. The number of sulfonamides is 1. The second kappa shape index (κ2) is 8.49. The molecule has 0 amide bonds. The highest BCUT2D eigenvalue weighted by Crippen LogP contribution is 2.47. The van der Waals surface area contributed by atoms with Gasteiger partial charge in [-0.3, -0.25) is 0 Å². The van der Waals surface area contributed by atoms with Crippen LogP contribution in [0, 0.1) is 23.1 Å². The molecular formula is C24H25FN6O2S. The van der Waals surface area contributed by atoms with Gasteiger partial charge in [-0.25, -0.2) is 22.5 Å². The second-order valence-electron chi connectivity index (χ2n) is 8.96. The molecule has 0 aliphatic heterocycles. The van der Waals surface area contributed by atoms with Gasteiger partial charge in [0.25, 0.3) is 10.0 Å². The van der Waals surface area contributed by atoms with Gasteiger partial charge in [-0.2, -0.15) is 14.7 Å². The van der Waals surface area contributed by atoms with Crippen molar-refractivity contribution in [1.82, 2.24) is 23.6 Å². The Kier molecular flexibility index (Phi) is 5.62.